The summed E-state index contributed by atoms with van der Waals surface area (Å²) in [6.07, 6.45) is 0.245. The van der Waals surface area contributed by atoms with Gasteiger partial charge in [-0.3, -0.25) is 4.79 Å². The van der Waals surface area contributed by atoms with Crippen LogP contribution in [0.25, 0.3) is 0 Å². The first kappa shape index (κ1) is 16.6. The average Bonchev–Trinajstić information content (AvgIpc) is 2.84. The minimum atomic E-state index is -0.530. The van der Waals surface area contributed by atoms with Crippen molar-refractivity contribution in [2.45, 2.75) is 31.5 Å². The summed E-state index contributed by atoms with van der Waals surface area (Å²) in [7, 11) is 0. The Morgan fingerprint density at radius 2 is 2.14 bits per heavy atom. The lowest BCUT2D eigenvalue weighted by atomic mass is 10.1. The van der Waals surface area contributed by atoms with Crippen molar-refractivity contribution in [2.24, 2.45) is 0 Å². The second-order valence-electron chi connectivity index (χ2n) is 5.22. The Bertz CT molecular complexity index is 611. The summed E-state index contributed by atoms with van der Waals surface area (Å²) in [5.74, 6) is 0.175. The minimum absolute atomic E-state index is 0.107. The number of hydrogen-bond donors (Lipinski definition) is 3. The lowest BCUT2D eigenvalue weighted by molar-refractivity contribution is -0.118. The van der Waals surface area contributed by atoms with Gasteiger partial charge in [0.25, 0.3) is 0 Å². The molecule has 0 fully saturated rings. The van der Waals surface area contributed by atoms with Crippen LogP contribution < -0.4 is 5.32 Å². The van der Waals surface area contributed by atoms with Gasteiger partial charge in [-0.15, -0.1) is 0 Å². The molecule has 0 aliphatic heterocycles. The Hall–Kier alpha value is -1.79. The summed E-state index contributed by atoms with van der Waals surface area (Å²) < 4.78 is 0. The number of hydrogen-bond acceptors (Lipinski definition) is 4. The molecule has 1 unspecified atom stereocenters. The summed E-state index contributed by atoms with van der Waals surface area (Å²) in [4.78, 5) is 19.4. The number of rotatable bonds is 7. The second-order valence-corrected chi connectivity index (χ2v) is 6.18. The van der Waals surface area contributed by atoms with E-state index >= 15 is 0 Å². The molecule has 0 aliphatic carbocycles. The molecule has 0 aliphatic rings. The van der Waals surface area contributed by atoms with E-state index < -0.39 is 6.10 Å². The Morgan fingerprint density at radius 1 is 1.41 bits per heavy atom. The van der Waals surface area contributed by atoms with Crippen LogP contribution in [-0.4, -0.2) is 39.4 Å². The lowest BCUT2D eigenvalue weighted by Gasteiger charge is -2.05. The number of carbonyl (C=O) groups is 1. The Balaban J connectivity index is 1.88. The van der Waals surface area contributed by atoms with Gasteiger partial charge in [0.1, 0.15) is 0 Å². The molecule has 0 saturated carbocycles. The quantitative estimate of drug-likeness (QED) is 0.681. The normalized spacial score (nSPS) is 12.1. The number of aromatic amines is 1. The first-order chi connectivity index (χ1) is 10.5. The average molecular weight is 319 g/mol. The number of nitrogens with zero attached hydrogens (tertiary/aromatic N) is 1. The summed E-state index contributed by atoms with van der Waals surface area (Å²) in [6.45, 7) is 3.90. The molecule has 1 heterocycles. The van der Waals surface area contributed by atoms with Crippen molar-refractivity contribution in [2.75, 3.05) is 12.3 Å². The van der Waals surface area contributed by atoms with Crippen molar-refractivity contribution in [3.05, 3.63) is 47.3 Å². The zero-order valence-electron chi connectivity index (χ0n) is 12.8. The van der Waals surface area contributed by atoms with Crippen LogP contribution in [0.5, 0.6) is 0 Å². The van der Waals surface area contributed by atoms with Crippen LogP contribution in [0.15, 0.2) is 35.5 Å². The van der Waals surface area contributed by atoms with Crippen molar-refractivity contribution >= 4 is 17.7 Å². The highest BCUT2D eigenvalue weighted by Crippen LogP contribution is 2.18. The third-order valence-electron chi connectivity index (χ3n) is 3.11. The van der Waals surface area contributed by atoms with Crippen LogP contribution >= 0.6 is 11.8 Å². The van der Waals surface area contributed by atoms with Gasteiger partial charge in [0.05, 0.1) is 17.6 Å². The van der Waals surface area contributed by atoms with E-state index in [-0.39, 0.29) is 18.2 Å². The molecule has 3 N–H and O–H groups in total. The van der Waals surface area contributed by atoms with Gasteiger partial charge in [0.15, 0.2) is 5.16 Å². The number of carbonyl (C=O) groups excluding carboxylic acids is 1. The molecule has 1 amide bonds. The highest BCUT2D eigenvalue weighted by Gasteiger charge is 2.10. The molecule has 1 aromatic heterocycles. The summed E-state index contributed by atoms with van der Waals surface area (Å²) >= 11 is 1.37. The molecule has 1 aromatic carbocycles. The zero-order chi connectivity index (χ0) is 15.9. The predicted molar refractivity (Wildman–Crippen MR) is 88.0 cm³/mol. The number of nitrogens with one attached hydrogen (secondary N) is 2. The van der Waals surface area contributed by atoms with Gasteiger partial charge in [-0.05, 0) is 19.4 Å². The minimum Gasteiger partial charge on any atom is -0.392 e. The first-order valence-corrected chi connectivity index (χ1v) is 8.20. The van der Waals surface area contributed by atoms with E-state index in [0.29, 0.717) is 0 Å². The molecule has 118 valence electrons. The number of H-pyrrole nitrogens is 1. The lowest BCUT2D eigenvalue weighted by Crippen LogP contribution is -2.31. The van der Waals surface area contributed by atoms with Crippen molar-refractivity contribution in [1.82, 2.24) is 15.3 Å². The van der Waals surface area contributed by atoms with E-state index in [4.69, 9.17) is 5.11 Å². The highest BCUT2D eigenvalue weighted by molar-refractivity contribution is 7.99. The maximum absolute atomic E-state index is 11.6. The van der Waals surface area contributed by atoms with Crippen molar-refractivity contribution < 1.29 is 9.90 Å². The van der Waals surface area contributed by atoms with Gasteiger partial charge >= 0.3 is 0 Å². The van der Waals surface area contributed by atoms with Gasteiger partial charge in [-0.25, -0.2) is 4.98 Å². The first-order valence-electron chi connectivity index (χ1n) is 7.21. The number of imidazole rings is 1. The largest absolute Gasteiger partial charge is 0.392 e. The third-order valence-corrected chi connectivity index (χ3v) is 3.99. The van der Waals surface area contributed by atoms with E-state index in [1.165, 1.54) is 17.3 Å². The molecular formula is C16H21N3O2S. The van der Waals surface area contributed by atoms with Gasteiger partial charge in [0.2, 0.25) is 5.91 Å². The maximum Gasteiger partial charge on any atom is 0.230 e. The molecule has 5 nitrogen and oxygen atoms in total. The zero-order valence-corrected chi connectivity index (χ0v) is 13.6. The van der Waals surface area contributed by atoms with Gasteiger partial charge in [-0.1, -0.05) is 42.1 Å². The second kappa shape index (κ2) is 8.00. The van der Waals surface area contributed by atoms with Crippen LogP contribution in [0.2, 0.25) is 0 Å². The number of amides is 1. The molecule has 1 atom stereocenters. The summed E-state index contributed by atoms with van der Waals surface area (Å²) in [5, 5.41) is 12.5. The molecule has 0 saturated heterocycles. The van der Waals surface area contributed by atoms with Crippen LogP contribution in [0.1, 0.15) is 23.9 Å². The van der Waals surface area contributed by atoms with Gasteiger partial charge in [0, 0.05) is 18.7 Å². The molecule has 0 bridgehead atoms. The van der Waals surface area contributed by atoms with E-state index in [2.05, 4.69) is 27.4 Å². The highest BCUT2D eigenvalue weighted by atomic mass is 32.2. The molecule has 0 spiro atoms. The van der Waals surface area contributed by atoms with Crippen LogP contribution in [0, 0.1) is 6.92 Å². The molecule has 0 radical (unpaired) electrons. The standard InChI is InChI=1S/C16H21N3O2S/c1-11(20)9-17-15(21)10-22-16-18-12(2)14(19-16)8-13-6-4-3-5-7-13/h3-7,11,20H,8-10H2,1-2H3,(H,17,21)(H,18,19). The van der Waals surface area contributed by atoms with Crippen molar-refractivity contribution in [3.63, 3.8) is 0 Å². The molecule has 2 rings (SSSR count). The molecule has 6 heteroatoms. The molecular weight excluding hydrogens is 298 g/mol. The smallest absolute Gasteiger partial charge is 0.230 e. The van der Waals surface area contributed by atoms with Gasteiger partial charge in [-0.2, -0.15) is 0 Å². The summed E-state index contributed by atoms with van der Waals surface area (Å²) in [6, 6.07) is 10.2. The number of aryl methyl sites for hydroxylation is 1. The fourth-order valence-corrected chi connectivity index (χ4v) is 2.71. The Kier molecular flexibility index (Phi) is 6.03. The number of thioether (sulfide) groups is 1. The molecule has 2 aromatic rings. The van der Waals surface area contributed by atoms with Gasteiger partial charge < -0.3 is 15.4 Å². The monoisotopic (exact) mass is 319 g/mol. The Morgan fingerprint density at radius 3 is 2.82 bits per heavy atom. The summed E-state index contributed by atoms with van der Waals surface area (Å²) in [5.41, 5.74) is 3.23. The van der Waals surface area contributed by atoms with E-state index in [1.54, 1.807) is 6.92 Å². The molecule has 22 heavy (non-hydrogen) atoms. The van der Waals surface area contributed by atoms with Crippen LogP contribution in [0.4, 0.5) is 0 Å². The van der Waals surface area contributed by atoms with Crippen LogP contribution in [0.3, 0.4) is 0 Å². The topological polar surface area (TPSA) is 78.0 Å². The van der Waals surface area contributed by atoms with E-state index in [0.717, 1.165) is 23.0 Å². The van der Waals surface area contributed by atoms with Crippen molar-refractivity contribution in [3.8, 4) is 0 Å². The predicted octanol–water partition coefficient (Wildman–Crippen LogP) is 1.90. The fourth-order valence-electron chi connectivity index (χ4n) is 1.94. The number of aliphatic hydroxyl groups is 1. The third kappa shape index (κ3) is 5.20. The van der Waals surface area contributed by atoms with Crippen LogP contribution in [-0.2, 0) is 11.2 Å². The van der Waals surface area contributed by atoms with E-state index in [1.807, 2.05) is 25.1 Å². The fraction of sp³-hybridized carbons (Fsp3) is 0.375. The maximum atomic E-state index is 11.6. The van der Waals surface area contributed by atoms with Crippen molar-refractivity contribution in [1.29, 1.82) is 0 Å². The number of aromatic nitrogens is 2. The Labute approximate surface area is 134 Å². The number of benzene rings is 1. The SMILES string of the molecule is Cc1[nH]c(SCC(=O)NCC(C)O)nc1Cc1ccccc1. The number of aliphatic hydroxyl groups excluding tert-OH is 1. The van der Waals surface area contributed by atoms with E-state index in [9.17, 15) is 4.79 Å².